The number of nitrogens with one attached hydrogen (secondary N) is 1. The summed E-state index contributed by atoms with van der Waals surface area (Å²) in [6.45, 7) is 0. The second-order valence-electron chi connectivity index (χ2n) is 4.15. The van der Waals surface area contributed by atoms with Gasteiger partial charge in [-0.05, 0) is 36.2 Å². The minimum Gasteiger partial charge on any atom is -0.384 e. The molecule has 0 spiro atoms. The zero-order valence-corrected chi connectivity index (χ0v) is 10.3. The van der Waals surface area contributed by atoms with E-state index in [9.17, 15) is 9.18 Å². The van der Waals surface area contributed by atoms with Gasteiger partial charge >= 0.3 is 0 Å². The Labute approximate surface area is 110 Å². The van der Waals surface area contributed by atoms with Gasteiger partial charge in [-0.2, -0.15) is 0 Å². The number of hydrogen-bond donors (Lipinski definition) is 2. The highest BCUT2D eigenvalue weighted by molar-refractivity contribution is 5.90. The van der Waals surface area contributed by atoms with E-state index >= 15 is 0 Å². The van der Waals surface area contributed by atoms with Crippen molar-refractivity contribution >= 4 is 17.4 Å². The molecule has 5 heteroatoms. The number of nitrogens with two attached hydrogens (primary N) is 1. The Bertz CT molecular complexity index is 569. The molecule has 0 atom stereocenters. The second kappa shape index (κ2) is 5.95. The molecule has 4 nitrogen and oxygen atoms in total. The zero-order chi connectivity index (χ0) is 13.7. The lowest BCUT2D eigenvalue weighted by Gasteiger charge is -2.05. The molecule has 2 aromatic rings. The van der Waals surface area contributed by atoms with E-state index in [4.69, 9.17) is 5.73 Å². The van der Waals surface area contributed by atoms with Crippen molar-refractivity contribution in [3.63, 3.8) is 0 Å². The number of pyridine rings is 1. The topological polar surface area (TPSA) is 68.0 Å². The van der Waals surface area contributed by atoms with Crippen molar-refractivity contribution in [2.75, 3.05) is 11.1 Å². The van der Waals surface area contributed by atoms with Crippen LogP contribution in [0.25, 0.3) is 0 Å². The molecular formula is C14H14FN3O. The molecule has 1 heterocycles. The monoisotopic (exact) mass is 259 g/mol. The maximum Gasteiger partial charge on any atom is 0.224 e. The van der Waals surface area contributed by atoms with Gasteiger partial charge in [-0.25, -0.2) is 9.37 Å². The van der Waals surface area contributed by atoms with Crippen LogP contribution < -0.4 is 11.1 Å². The minimum absolute atomic E-state index is 0.143. The predicted molar refractivity (Wildman–Crippen MR) is 72.0 cm³/mol. The van der Waals surface area contributed by atoms with Gasteiger partial charge in [0.25, 0.3) is 0 Å². The van der Waals surface area contributed by atoms with Gasteiger partial charge in [0, 0.05) is 6.42 Å². The van der Waals surface area contributed by atoms with Crippen LogP contribution in [0.2, 0.25) is 0 Å². The fraction of sp³-hybridized carbons (Fsp3) is 0.143. The van der Waals surface area contributed by atoms with E-state index in [2.05, 4.69) is 10.3 Å². The average Bonchev–Trinajstić information content (AvgIpc) is 2.39. The molecule has 98 valence electrons. The van der Waals surface area contributed by atoms with Crippen LogP contribution in [0.15, 0.2) is 42.6 Å². The Morgan fingerprint density at radius 1 is 1.32 bits per heavy atom. The van der Waals surface area contributed by atoms with Gasteiger partial charge in [0.15, 0.2) is 0 Å². The van der Waals surface area contributed by atoms with E-state index in [1.807, 2.05) is 0 Å². The van der Waals surface area contributed by atoms with E-state index in [1.54, 1.807) is 24.3 Å². The summed E-state index contributed by atoms with van der Waals surface area (Å²) in [6, 6.07) is 9.53. The highest BCUT2D eigenvalue weighted by Gasteiger charge is 2.04. The number of carbonyl (C=O) groups is 1. The number of rotatable bonds is 4. The Morgan fingerprint density at radius 3 is 2.84 bits per heavy atom. The van der Waals surface area contributed by atoms with Crippen LogP contribution in [0.3, 0.4) is 0 Å². The van der Waals surface area contributed by atoms with Gasteiger partial charge in [-0.1, -0.05) is 12.1 Å². The summed E-state index contributed by atoms with van der Waals surface area (Å²) in [5, 5.41) is 2.70. The molecule has 1 aromatic heterocycles. The molecule has 0 radical (unpaired) electrons. The quantitative estimate of drug-likeness (QED) is 0.885. The zero-order valence-electron chi connectivity index (χ0n) is 10.3. The van der Waals surface area contributed by atoms with Crippen LogP contribution >= 0.6 is 0 Å². The summed E-state index contributed by atoms with van der Waals surface area (Å²) >= 11 is 0. The third kappa shape index (κ3) is 4.06. The number of carbonyl (C=O) groups excluding carboxylic acids is 1. The molecule has 3 N–H and O–H groups in total. The number of nitrogens with zero attached hydrogens (tertiary/aromatic N) is 1. The van der Waals surface area contributed by atoms with Crippen molar-refractivity contribution in [2.24, 2.45) is 0 Å². The first-order valence-corrected chi connectivity index (χ1v) is 5.89. The normalized spacial score (nSPS) is 10.2. The van der Waals surface area contributed by atoms with Crippen LogP contribution in [-0.2, 0) is 11.2 Å². The van der Waals surface area contributed by atoms with E-state index in [0.717, 1.165) is 5.56 Å². The maximum absolute atomic E-state index is 13.0. The highest BCUT2D eigenvalue weighted by atomic mass is 19.1. The standard InChI is InChI=1S/C14H14FN3O/c15-11-3-1-2-10(8-11)4-7-14(19)18-12-5-6-13(16)17-9-12/h1-3,5-6,8-9H,4,7H2,(H2,16,17)(H,18,19). The van der Waals surface area contributed by atoms with Crippen molar-refractivity contribution in [3.8, 4) is 0 Å². The van der Waals surface area contributed by atoms with E-state index < -0.39 is 0 Å². The van der Waals surface area contributed by atoms with Crippen LogP contribution in [0.1, 0.15) is 12.0 Å². The first-order chi connectivity index (χ1) is 9.13. The minimum atomic E-state index is -0.291. The number of aromatic nitrogens is 1. The van der Waals surface area contributed by atoms with E-state index in [1.165, 1.54) is 18.3 Å². The second-order valence-corrected chi connectivity index (χ2v) is 4.15. The molecule has 1 aromatic carbocycles. The third-order valence-corrected chi connectivity index (χ3v) is 2.60. The Kier molecular flexibility index (Phi) is 4.07. The molecule has 0 aliphatic rings. The first-order valence-electron chi connectivity index (χ1n) is 5.89. The molecule has 19 heavy (non-hydrogen) atoms. The molecule has 1 amide bonds. The number of halogens is 1. The Hall–Kier alpha value is -2.43. The van der Waals surface area contributed by atoms with Crippen LogP contribution in [0, 0.1) is 5.82 Å². The van der Waals surface area contributed by atoms with Crippen LogP contribution in [0.5, 0.6) is 0 Å². The average molecular weight is 259 g/mol. The summed E-state index contributed by atoms with van der Waals surface area (Å²) in [6.07, 6.45) is 2.27. The summed E-state index contributed by atoms with van der Waals surface area (Å²) in [4.78, 5) is 15.6. The molecule has 0 bridgehead atoms. The van der Waals surface area contributed by atoms with Crippen molar-refractivity contribution < 1.29 is 9.18 Å². The SMILES string of the molecule is Nc1ccc(NC(=O)CCc2cccc(F)c2)cn1. The van der Waals surface area contributed by atoms with Gasteiger partial charge in [-0.15, -0.1) is 0 Å². The van der Waals surface area contributed by atoms with Crippen LogP contribution in [-0.4, -0.2) is 10.9 Å². The Morgan fingerprint density at radius 2 is 2.16 bits per heavy atom. The van der Waals surface area contributed by atoms with Crippen molar-refractivity contribution in [2.45, 2.75) is 12.8 Å². The molecule has 0 unspecified atom stereocenters. The highest BCUT2D eigenvalue weighted by Crippen LogP contribution is 2.09. The lowest BCUT2D eigenvalue weighted by Crippen LogP contribution is -2.12. The molecule has 0 aliphatic heterocycles. The van der Waals surface area contributed by atoms with Gasteiger partial charge in [0.2, 0.25) is 5.91 Å². The fourth-order valence-corrected chi connectivity index (χ4v) is 1.65. The molecule has 0 aliphatic carbocycles. The lowest BCUT2D eigenvalue weighted by molar-refractivity contribution is -0.116. The number of nitrogen functional groups attached to an aromatic ring is 1. The number of anilines is 2. The van der Waals surface area contributed by atoms with E-state index in [-0.39, 0.29) is 18.1 Å². The van der Waals surface area contributed by atoms with Gasteiger partial charge in [0.05, 0.1) is 11.9 Å². The molecule has 2 rings (SSSR count). The van der Waals surface area contributed by atoms with E-state index in [0.29, 0.717) is 17.9 Å². The number of hydrogen-bond acceptors (Lipinski definition) is 3. The van der Waals surface area contributed by atoms with Crippen molar-refractivity contribution in [1.82, 2.24) is 4.98 Å². The fourth-order valence-electron chi connectivity index (χ4n) is 1.65. The molecular weight excluding hydrogens is 245 g/mol. The predicted octanol–water partition coefficient (Wildman–Crippen LogP) is 2.37. The first kappa shape index (κ1) is 13.0. The smallest absolute Gasteiger partial charge is 0.224 e. The number of benzene rings is 1. The summed E-state index contributed by atoms with van der Waals surface area (Å²) in [5.74, 6) is -0.0331. The third-order valence-electron chi connectivity index (χ3n) is 2.60. The summed E-state index contributed by atoms with van der Waals surface area (Å²) < 4.78 is 13.0. The molecule has 0 saturated carbocycles. The Balaban J connectivity index is 1.86. The van der Waals surface area contributed by atoms with Gasteiger partial charge < -0.3 is 11.1 Å². The number of aryl methyl sites for hydroxylation is 1. The summed E-state index contributed by atoms with van der Waals surface area (Å²) in [5.41, 5.74) is 6.84. The van der Waals surface area contributed by atoms with Gasteiger partial charge in [0.1, 0.15) is 11.6 Å². The lowest BCUT2D eigenvalue weighted by atomic mass is 10.1. The van der Waals surface area contributed by atoms with Crippen molar-refractivity contribution in [3.05, 3.63) is 54.0 Å². The van der Waals surface area contributed by atoms with Gasteiger partial charge in [-0.3, -0.25) is 4.79 Å². The van der Waals surface area contributed by atoms with Crippen molar-refractivity contribution in [1.29, 1.82) is 0 Å². The molecule has 0 saturated heterocycles. The molecule has 0 fully saturated rings. The largest absolute Gasteiger partial charge is 0.384 e. The summed E-state index contributed by atoms with van der Waals surface area (Å²) in [7, 11) is 0. The number of amides is 1. The van der Waals surface area contributed by atoms with Crippen LogP contribution in [0.4, 0.5) is 15.9 Å². The maximum atomic E-state index is 13.0.